The summed E-state index contributed by atoms with van der Waals surface area (Å²) in [7, 11) is 0. The first kappa shape index (κ1) is 16.3. The number of aliphatic carboxylic acids is 1. The lowest BCUT2D eigenvalue weighted by molar-refractivity contribution is -0.355. The van der Waals surface area contributed by atoms with Crippen molar-refractivity contribution in [3.8, 4) is 0 Å². The summed E-state index contributed by atoms with van der Waals surface area (Å²) in [6, 6.07) is -0.997. The first-order chi connectivity index (χ1) is 8.51. The van der Waals surface area contributed by atoms with Gasteiger partial charge in [-0.2, -0.15) is 0 Å². The van der Waals surface area contributed by atoms with Gasteiger partial charge in [0.1, 0.15) is 0 Å². The first-order valence-corrected chi connectivity index (χ1v) is 5.86. The molecule has 0 saturated carbocycles. The van der Waals surface area contributed by atoms with Crippen LogP contribution < -0.4 is 27.2 Å². The van der Waals surface area contributed by atoms with Crippen LogP contribution in [0.15, 0.2) is 0 Å². The lowest BCUT2D eigenvalue weighted by atomic mass is 10.1. The number of carboxylic acids is 1. The normalized spacial score (nSPS) is 11.7. The molecule has 0 fully saturated rings. The van der Waals surface area contributed by atoms with Crippen LogP contribution in [0.2, 0.25) is 0 Å². The summed E-state index contributed by atoms with van der Waals surface area (Å²) in [5.41, 5.74) is 6.78. The third-order valence-corrected chi connectivity index (χ3v) is 2.32. The van der Waals surface area contributed by atoms with Crippen molar-refractivity contribution in [2.75, 3.05) is 19.6 Å². The zero-order valence-corrected chi connectivity index (χ0v) is 10.4. The van der Waals surface area contributed by atoms with Crippen LogP contribution in [0.5, 0.6) is 0 Å². The van der Waals surface area contributed by atoms with Crippen LogP contribution in [0, 0.1) is 0 Å². The Morgan fingerprint density at radius 1 is 1.06 bits per heavy atom. The monoisotopic (exact) mass is 261 g/mol. The smallest absolute Gasteiger partial charge is 0.275 e. The summed E-state index contributed by atoms with van der Waals surface area (Å²) in [6.07, 6.45) is 1.47. The van der Waals surface area contributed by atoms with E-state index < -0.39 is 17.9 Å². The zero-order valence-electron chi connectivity index (χ0n) is 10.4. The summed E-state index contributed by atoms with van der Waals surface area (Å²) in [4.78, 5) is 32.6. The van der Waals surface area contributed by atoms with Crippen molar-refractivity contribution in [2.45, 2.75) is 25.3 Å². The van der Waals surface area contributed by atoms with E-state index in [0.717, 1.165) is 0 Å². The lowest BCUT2D eigenvalue weighted by Crippen LogP contribution is -2.60. The summed E-state index contributed by atoms with van der Waals surface area (Å²) in [5.74, 6) is -1.87. The first-order valence-electron chi connectivity index (χ1n) is 5.86. The predicted molar refractivity (Wildman–Crippen MR) is 59.3 cm³/mol. The van der Waals surface area contributed by atoms with Gasteiger partial charge in [0.25, 0.3) is 11.8 Å². The molecule has 0 spiro atoms. The van der Waals surface area contributed by atoms with E-state index >= 15 is 0 Å². The van der Waals surface area contributed by atoms with E-state index in [4.69, 9.17) is 0 Å². The standard InChI is InChI=1S/C10H20N4O4/c11-5-8(15)13-4-2-1-3-7(10(17)18)14-9(16)6-12/h7H,1-6,11-12H2,(H,13,15)(H,14,16)(H,17,18)/p+1/t7-/m0/s1. The molecule has 8 heteroatoms. The number of carbonyl (C=O) groups is 3. The van der Waals surface area contributed by atoms with Crippen LogP contribution in [0.1, 0.15) is 19.3 Å². The fourth-order valence-corrected chi connectivity index (χ4v) is 1.31. The summed E-state index contributed by atoms with van der Waals surface area (Å²) in [5, 5.41) is 15.7. The number of quaternary nitrogens is 2. The minimum Gasteiger partial charge on any atom is -0.548 e. The Morgan fingerprint density at radius 2 is 1.67 bits per heavy atom. The van der Waals surface area contributed by atoms with Crippen molar-refractivity contribution in [3.05, 3.63) is 0 Å². The molecule has 8 N–H and O–H groups in total. The Kier molecular flexibility index (Phi) is 8.50. The van der Waals surface area contributed by atoms with Crippen molar-refractivity contribution >= 4 is 17.8 Å². The Bertz CT molecular complexity index is 296. The fraction of sp³-hybridized carbons (Fsp3) is 0.700. The van der Waals surface area contributed by atoms with E-state index in [9.17, 15) is 19.5 Å². The highest BCUT2D eigenvalue weighted by Crippen LogP contribution is 1.99. The molecule has 0 aliphatic carbocycles. The van der Waals surface area contributed by atoms with Gasteiger partial charge in [-0.3, -0.25) is 9.59 Å². The SMILES string of the molecule is [NH3+]CC(=O)NCCCC[C@H](NC(=O)C[NH3+])C(=O)[O-]. The largest absolute Gasteiger partial charge is 0.548 e. The minimum absolute atomic E-state index is 0.0106. The maximum absolute atomic E-state index is 11.0. The second-order valence-electron chi connectivity index (χ2n) is 3.78. The third-order valence-electron chi connectivity index (χ3n) is 2.32. The Labute approximate surface area is 105 Å². The molecule has 0 radical (unpaired) electrons. The zero-order chi connectivity index (χ0) is 14.0. The van der Waals surface area contributed by atoms with Gasteiger partial charge in [0.2, 0.25) is 0 Å². The number of hydrogen-bond acceptors (Lipinski definition) is 4. The molecule has 0 unspecified atom stereocenters. The van der Waals surface area contributed by atoms with Crippen LogP contribution in [0.3, 0.4) is 0 Å². The van der Waals surface area contributed by atoms with Crippen LogP contribution in [0.4, 0.5) is 0 Å². The second-order valence-corrected chi connectivity index (χ2v) is 3.78. The van der Waals surface area contributed by atoms with Crippen molar-refractivity contribution in [2.24, 2.45) is 0 Å². The topological polar surface area (TPSA) is 154 Å². The van der Waals surface area contributed by atoms with Crippen molar-refractivity contribution < 1.29 is 31.0 Å². The molecular weight excluding hydrogens is 240 g/mol. The number of unbranched alkanes of at least 4 members (excludes halogenated alkanes) is 1. The summed E-state index contributed by atoms with van der Waals surface area (Å²) < 4.78 is 0. The molecule has 1 atom stereocenters. The van der Waals surface area contributed by atoms with Crippen molar-refractivity contribution in [1.29, 1.82) is 0 Å². The van der Waals surface area contributed by atoms with Crippen molar-refractivity contribution in [3.63, 3.8) is 0 Å². The molecule has 0 heterocycles. The maximum atomic E-state index is 11.0. The van der Waals surface area contributed by atoms with E-state index in [2.05, 4.69) is 22.1 Å². The molecule has 0 aliphatic heterocycles. The van der Waals surface area contributed by atoms with E-state index in [1.165, 1.54) is 0 Å². The molecule has 8 nitrogen and oxygen atoms in total. The summed E-state index contributed by atoms with van der Waals surface area (Å²) >= 11 is 0. The van der Waals surface area contributed by atoms with Crippen LogP contribution in [0.25, 0.3) is 0 Å². The van der Waals surface area contributed by atoms with Crippen LogP contribution >= 0.6 is 0 Å². The van der Waals surface area contributed by atoms with E-state index in [1.54, 1.807) is 0 Å². The molecule has 0 aromatic rings. The number of carbonyl (C=O) groups excluding carboxylic acids is 3. The Balaban J connectivity index is 3.81. The number of carboxylic acid groups (broad SMARTS) is 1. The quantitative estimate of drug-likeness (QED) is 0.307. The van der Waals surface area contributed by atoms with E-state index in [1.807, 2.05) is 0 Å². The molecule has 0 bridgehead atoms. The second kappa shape index (κ2) is 9.37. The van der Waals surface area contributed by atoms with Gasteiger partial charge >= 0.3 is 0 Å². The highest BCUT2D eigenvalue weighted by atomic mass is 16.4. The third kappa shape index (κ3) is 7.58. The van der Waals surface area contributed by atoms with E-state index in [0.29, 0.717) is 19.4 Å². The van der Waals surface area contributed by atoms with Gasteiger partial charge in [0.15, 0.2) is 13.1 Å². The van der Waals surface area contributed by atoms with Gasteiger partial charge in [-0.05, 0) is 19.3 Å². The Morgan fingerprint density at radius 3 is 2.17 bits per heavy atom. The van der Waals surface area contributed by atoms with Gasteiger partial charge in [-0.25, -0.2) is 0 Å². The number of rotatable bonds is 9. The molecule has 0 rings (SSSR count). The number of amides is 2. The predicted octanol–water partition coefficient (Wildman–Crippen LogP) is -5.01. The number of nitrogens with one attached hydrogen (secondary N) is 2. The highest BCUT2D eigenvalue weighted by Gasteiger charge is 2.12. The molecule has 0 aliphatic rings. The molecule has 0 aromatic heterocycles. The van der Waals surface area contributed by atoms with Crippen LogP contribution in [-0.4, -0.2) is 43.5 Å². The molecule has 18 heavy (non-hydrogen) atoms. The van der Waals surface area contributed by atoms with Gasteiger partial charge < -0.3 is 32.0 Å². The molecule has 0 aromatic carbocycles. The average molecular weight is 261 g/mol. The van der Waals surface area contributed by atoms with Gasteiger partial charge in [-0.15, -0.1) is 0 Å². The molecular formula is C10H21N4O4+. The van der Waals surface area contributed by atoms with Gasteiger partial charge in [0.05, 0.1) is 12.0 Å². The van der Waals surface area contributed by atoms with Crippen molar-refractivity contribution in [1.82, 2.24) is 10.6 Å². The van der Waals surface area contributed by atoms with Gasteiger partial charge in [-0.1, -0.05) is 0 Å². The Hall–Kier alpha value is -1.67. The highest BCUT2D eigenvalue weighted by molar-refractivity contribution is 5.83. The summed E-state index contributed by atoms with van der Waals surface area (Å²) in [6.45, 7) is 0.641. The molecule has 0 saturated heterocycles. The molecule has 2 amide bonds. The lowest BCUT2D eigenvalue weighted by Gasteiger charge is -2.18. The minimum atomic E-state index is -1.31. The van der Waals surface area contributed by atoms with Crippen LogP contribution in [-0.2, 0) is 14.4 Å². The fourth-order valence-electron chi connectivity index (χ4n) is 1.31. The maximum Gasteiger partial charge on any atom is 0.275 e. The van der Waals surface area contributed by atoms with E-state index in [-0.39, 0.29) is 25.4 Å². The number of hydrogen-bond donors (Lipinski definition) is 4. The van der Waals surface area contributed by atoms with Gasteiger partial charge in [0, 0.05) is 6.54 Å². The molecule has 104 valence electrons. The average Bonchev–Trinajstić information content (AvgIpc) is 2.35.